The summed E-state index contributed by atoms with van der Waals surface area (Å²) in [6.45, 7) is 4.49. The second-order valence-electron chi connectivity index (χ2n) is 5.47. The molecule has 1 fully saturated rings. The average Bonchev–Trinajstić information content (AvgIpc) is 3.17. The van der Waals surface area contributed by atoms with Crippen molar-refractivity contribution in [3.8, 4) is 0 Å². The van der Waals surface area contributed by atoms with E-state index >= 15 is 0 Å². The quantitative estimate of drug-likeness (QED) is 0.872. The molecule has 0 N–H and O–H groups in total. The maximum absolute atomic E-state index is 12.5. The summed E-state index contributed by atoms with van der Waals surface area (Å²) in [7, 11) is 0. The number of hydrogen-bond donors (Lipinski definition) is 0. The lowest BCUT2D eigenvalue weighted by Gasteiger charge is -2.32. The van der Waals surface area contributed by atoms with E-state index in [4.69, 9.17) is 0 Å². The first kappa shape index (κ1) is 14.3. The van der Waals surface area contributed by atoms with Crippen LogP contribution in [0.25, 0.3) is 0 Å². The highest BCUT2D eigenvalue weighted by Gasteiger charge is 2.25. The Balaban J connectivity index is 1.63. The highest BCUT2D eigenvalue weighted by molar-refractivity contribution is 7.09. The van der Waals surface area contributed by atoms with Gasteiger partial charge < -0.3 is 4.90 Å². The molecule has 0 aromatic carbocycles. The molecule has 0 radical (unpaired) electrons. The van der Waals surface area contributed by atoms with Crippen molar-refractivity contribution in [2.45, 2.75) is 32.7 Å². The fourth-order valence-electron chi connectivity index (χ4n) is 2.85. The predicted molar refractivity (Wildman–Crippen MR) is 82.3 cm³/mol. The number of nitrogens with zero attached hydrogens (tertiary/aromatic N) is 4. The first-order chi connectivity index (χ1) is 10.3. The number of piperidine rings is 1. The Morgan fingerprint density at radius 2 is 2.43 bits per heavy atom. The predicted octanol–water partition coefficient (Wildman–Crippen LogP) is 2.45. The molecule has 0 saturated carbocycles. The van der Waals surface area contributed by atoms with Crippen molar-refractivity contribution in [1.29, 1.82) is 0 Å². The van der Waals surface area contributed by atoms with E-state index in [-0.39, 0.29) is 5.91 Å². The van der Waals surface area contributed by atoms with E-state index in [2.05, 4.69) is 10.1 Å². The molecule has 2 aromatic heterocycles. The number of likely N-dealkylation sites (tertiary alicyclic amines) is 1. The summed E-state index contributed by atoms with van der Waals surface area (Å²) in [6, 6.07) is 0. The number of aryl methyl sites for hydroxylation is 1. The van der Waals surface area contributed by atoms with Gasteiger partial charge in [-0.25, -0.2) is 4.98 Å². The van der Waals surface area contributed by atoms with Crippen LogP contribution in [0.5, 0.6) is 0 Å². The van der Waals surface area contributed by atoms with Crippen molar-refractivity contribution in [1.82, 2.24) is 19.7 Å². The molecule has 1 aliphatic heterocycles. The van der Waals surface area contributed by atoms with Crippen molar-refractivity contribution >= 4 is 17.2 Å². The Hall–Kier alpha value is -1.69. The van der Waals surface area contributed by atoms with Crippen LogP contribution in [-0.4, -0.2) is 38.7 Å². The van der Waals surface area contributed by atoms with Gasteiger partial charge in [-0.15, -0.1) is 11.3 Å². The monoisotopic (exact) mass is 304 g/mol. The maximum Gasteiger partial charge on any atom is 0.257 e. The van der Waals surface area contributed by atoms with Gasteiger partial charge in [0.05, 0.1) is 16.8 Å². The van der Waals surface area contributed by atoms with Crippen molar-refractivity contribution in [2.24, 2.45) is 5.92 Å². The van der Waals surface area contributed by atoms with Gasteiger partial charge >= 0.3 is 0 Å². The maximum atomic E-state index is 12.5. The van der Waals surface area contributed by atoms with E-state index in [1.807, 2.05) is 29.6 Å². The summed E-state index contributed by atoms with van der Waals surface area (Å²) >= 11 is 1.70. The minimum absolute atomic E-state index is 0.110. The van der Waals surface area contributed by atoms with Crippen molar-refractivity contribution in [2.75, 3.05) is 13.1 Å². The molecule has 0 aliphatic carbocycles. The third-order valence-corrected chi connectivity index (χ3v) is 4.76. The van der Waals surface area contributed by atoms with E-state index in [0.717, 1.165) is 32.5 Å². The van der Waals surface area contributed by atoms with Crippen LogP contribution in [0.1, 0.15) is 35.1 Å². The molecular formula is C15H20N4OS. The Morgan fingerprint density at radius 1 is 1.52 bits per heavy atom. The lowest BCUT2D eigenvalue weighted by molar-refractivity contribution is 0.0673. The van der Waals surface area contributed by atoms with E-state index < -0.39 is 0 Å². The Labute approximate surface area is 128 Å². The average molecular weight is 304 g/mol. The van der Waals surface area contributed by atoms with Crippen LogP contribution in [0.4, 0.5) is 0 Å². The van der Waals surface area contributed by atoms with E-state index in [0.29, 0.717) is 11.5 Å². The highest BCUT2D eigenvalue weighted by atomic mass is 32.1. The second kappa shape index (κ2) is 6.39. The van der Waals surface area contributed by atoms with Crippen LogP contribution < -0.4 is 0 Å². The standard InChI is InChI=1S/C15H20N4OS/c1-2-19-11-13(9-17-19)15(20)18-6-3-4-12(10-18)8-14-16-5-7-21-14/h5,7,9,11-12H,2-4,6,8,10H2,1H3. The third-order valence-electron chi connectivity index (χ3n) is 3.96. The molecule has 2 aromatic rings. The zero-order chi connectivity index (χ0) is 14.7. The van der Waals surface area contributed by atoms with Crippen LogP contribution in [0.15, 0.2) is 24.0 Å². The zero-order valence-corrected chi connectivity index (χ0v) is 13.1. The Kier molecular flexibility index (Phi) is 4.34. The molecule has 3 heterocycles. The van der Waals surface area contributed by atoms with Crippen LogP contribution in [0.3, 0.4) is 0 Å². The number of hydrogen-bond acceptors (Lipinski definition) is 4. The van der Waals surface area contributed by atoms with Gasteiger partial charge in [0.2, 0.25) is 0 Å². The molecule has 0 spiro atoms. The number of aromatic nitrogens is 3. The molecule has 3 rings (SSSR count). The molecule has 5 nitrogen and oxygen atoms in total. The lowest BCUT2D eigenvalue weighted by Crippen LogP contribution is -2.40. The van der Waals surface area contributed by atoms with Gasteiger partial charge in [0.15, 0.2) is 0 Å². The number of rotatable bonds is 4. The third kappa shape index (κ3) is 3.32. The fraction of sp³-hybridized carbons (Fsp3) is 0.533. The molecule has 0 bridgehead atoms. The first-order valence-corrected chi connectivity index (χ1v) is 8.34. The second-order valence-corrected chi connectivity index (χ2v) is 6.45. The Bertz CT molecular complexity index is 593. The highest BCUT2D eigenvalue weighted by Crippen LogP contribution is 2.23. The molecule has 112 valence electrons. The number of carbonyl (C=O) groups excluding carboxylic acids is 1. The number of thiazole rings is 1. The van der Waals surface area contributed by atoms with Crippen LogP contribution in [-0.2, 0) is 13.0 Å². The normalized spacial score (nSPS) is 18.9. The van der Waals surface area contributed by atoms with Gasteiger partial charge in [0.25, 0.3) is 5.91 Å². The van der Waals surface area contributed by atoms with Gasteiger partial charge in [-0.2, -0.15) is 5.10 Å². The van der Waals surface area contributed by atoms with Crippen molar-refractivity contribution in [3.05, 3.63) is 34.5 Å². The largest absolute Gasteiger partial charge is 0.338 e. The SMILES string of the molecule is CCn1cc(C(=O)N2CCCC(Cc3nccs3)C2)cn1. The minimum atomic E-state index is 0.110. The molecule has 1 aliphatic rings. The van der Waals surface area contributed by atoms with E-state index in [9.17, 15) is 4.79 Å². The molecule has 21 heavy (non-hydrogen) atoms. The van der Waals surface area contributed by atoms with Crippen molar-refractivity contribution < 1.29 is 4.79 Å². The van der Waals surface area contributed by atoms with Gasteiger partial charge in [-0.05, 0) is 25.7 Å². The van der Waals surface area contributed by atoms with Crippen molar-refractivity contribution in [3.63, 3.8) is 0 Å². The summed E-state index contributed by atoms with van der Waals surface area (Å²) in [4.78, 5) is 18.9. The minimum Gasteiger partial charge on any atom is -0.338 e. The van der Waals surface area contributed by atoms with E-state index in [1.54, 1.807) is 22.2 Å². The lowest BCUT2D eigenvalue weighted by atomic mass is 9.95. The topological polar surface area (TPSA) is 51.0 Å². The summed E-state index contributed by atoms with van der Waals surface area (Å²) in [5, 5.41) is 7.38. The van der Waals surface area contributed by atoms with Crippen LogP contribution in [0.2, 0.25) is 0 Å². The van der Waals surface area contributed by atoms with Gasteiger partial charge in [0.1, 0.15) is 0 Å². The van der Waals surface area contributed by atoms with E-state index in [1.165, 1.54) is 11.4 Å². The van der Waals surface area contributed by atoms with Gasteiger partial charge in [-0.3, -0.25) is 9.48 Å². The van der Waals surface area contributed by atoms with Crippen LogP contribution >= 0.6 is 11.3 Å². The number of carbonyl (C=O) groups is 1. The van der Waals surface area contributed by atoms with Gasteiger partial charge in [0, 0.05) is 43.8 Å². The van der Waals surface area contributed by atoms with Gasteiger partial charge in [-0.1, -0.05) is 0 Å². The molecule has 6 heteroatoms. The smallest absolute Gasteiger partial charge is 0.257 e. The summed E-state index contributed by atoms with van der Waals surface area (Å²) < 4.78 is 1.80. The molecule has 1 saturated heterocycles. The summed E-state index contributed by atoms with van der Waals surface area (Å²) in [5.74, 6) is 0.633. The summed E-state index contributed by atoms with van der Waals surface area (Å²) in [5.41, 5.74) is 0.701. The Morgan fingerprint density at radius 3 is 3.14 bits per heavy atom. The first-order valence-electron chi connectivity index (χ1n) is 7.46. The molecule has 1 unspecified atom stereocenters. The zero-order valence-electron chi connectivity index (χ0n) is 12.2. The van der Waals surface area contributed by atoms with Crippen LogP contribution in [0, 0.1) is 5.92 Å². The molecule has 1 atom stereocenters. The molecule has 1 amide bonds. The fourth-order valence-corrected chi connectivity index (χ4v) is 3.58. The number of amides is 1. The summed E-state index contributed by atoms with van der Waals surface area (Å²) in [6.07, 6.45) is 8.60. The molecular weight excluding hydrogens is 284 g/mol.